The number of aryl methyl sites for hydroxylation is 1. The summed E-state index contributed by atoms with van der Waals surface area (Å²) in [6.45, 7) is 4.40. The summed E-state index contributed by atoms with van der Waals surface area (Å²) in [5.41, 5.74) is 1.11. The molecular formula is C13H17ClO2. The predicted molar refractivity (Wildman–Crippen MR) is 66.2 cm³/mol. The van der Waals surface area contributed by atoms with E-state index in [9.17, 15) is 4.79 Å². The van der Waals surface area contributed by atoms with E-state index in [2.05, 4.69) is 0 Å². The van der Waals surface area contributed by atoms with E-state index in [4.69, 9.17) is 16.3 Å². The largest absolute Gasteiger partial charge is 0.492 e. The Bertz CT molecular complexity index is 361. The number of carbonyl (C=O) groups is 1. The molecular weight excluding hydrogens is 224 g/mol. The van der Waals surface area contributed by atoms with Gasteiger partial charge in [0.2, 0.25) is 0 Å². The summed E-state index contributed by atoms with van der Waals surface area (Å²) >= 11 is 5.97. The molecule has 0 atom stereocenters. The lowest BCUT2D eigenvalue weighted by molar-refractivity contribution is -0.118. The predicted octanol–water partition coefficient (Wildman–Crippen LogP) is 3.79. The Hall–Kier alpha value is -1.02. The second-order valence-electron chi connectivity index (χ2n) is 3.78. The van der Waals surface area contributed by atoms with Gasteiger partial charge in [-0.2, -0.15) is 0 Å². The lowest BCUT2D eigenvalue weighted by Gasteiger charge is -2.08. The maximum atomic E-state index is 11.1. The van der Waals surface area contributed by atoms with Crippen molar-refractivity contribution >= 4 is 17.4 Å². The van der Waals surface area contributed by atoms with Crippen LogP contribution in [0.5, 0.6) is 5.75 Å². The van der Waals surface area contributed by atoms with Gasteiger partial charge in [0.05, 0.1) is 11.6 Å². The molecule has 0 saturated heterocycles. The van der Waals surface area contributed by atoms with E-state index in [1.165, 1.54) is 0 Å². The Balaban J connectivity index is 2.37. The molecule has 0 aliphatic rings. The fourth-order valence-electron chi connectivity index (χ4n) is 1.35. The van der Waals surface area contributed by atoms with Gasteiger partial charge in [-0.25, -0.2) is 0 Å². The molecule has 0 aromatic heterocycles. The number of ether oxygens (including phenoxy) is 1. The number of carbonyl (C=O) groups excluding carboxylic acids is 1. The molecule has 2 nitrogen and oxygen atoms in total. The van der Waals surface area contributed by atoms with Crippen LogP contribution in [0, 0.1) is 6.92 Å². The Labute approximate surface area is 102 Å². The van der Waals surface area contributed by atoms with Crippen LogP contribution in [0.1, 0.15) is 31.7 Å². The van der Waals surface area contributed by atoms with Crippen molar-refractivity contribution in [2.75, 3.05) is 6.61 Å². The third kappa shape index (κ3) is 4.23. The average molecular weight is 241 g/mol. The SMILES string of the molecule is CCC(=O)CCCOc1cc(C)ccc1Cl. The number of benzene rings is 1. The summed E-state index contributed by atoms with van der Waals surface area (Å²) in [6, 6.07) is 5.67. The molecule has 16 heavy (non-hydrogen) atoms. The minimum absolute atomic E-state index is 0.277. The second kappa shape index (κ2) is 6.54. The highest BCUT2D eigenvalue weighted by atomic mass is 35.5. The number of rotatable bonds is 6. The van der Waals surface area contributed by atoms with Gasteiger partial charge < -0.3 is 4.74 Å². The Morgan fingerprint density at radius 1 is 1.44 bits per heavy atom. The summed E-state index contributed by atoms with van der Waals surface area (Å²) in [6.07, 6.45) is 1.93. The average Bonchev–Trinajstić information content (AvgIpc) is 2.28. The zero-order valence-corrected chi connectivity index (χ0v) is 10.5. The van der Waals surface area contributed by atoms with Crippen molar-refractivity contribution in [3.05, 3.63) is 28.8 Å². The van der Waals surface area contributed by atoms with Crippen molar-refractivity contribution in [1.82, 2.24) is 0 Å². The normalized spacial score (nSPS) is 10.2. The molecule has 88 valence electrons. The first-order valence-electron chi connectivity index (χ1n) is 5.54. The topological polar surface area (TPSA) is 26.3 Å². The highest BCUT2D eigenvalue weighted by molar-refractivity contribution is 6.32. The highest BCUT2D eigenvalue weighted by Gasteiger charge is 2.02. The number of hydrogen-bond donors (Lipinski definition) is 0. The van der Waals surface area contributed by atoms with Gasteiger partial charge >= 0.3 is 0 Å². The molecule has 0 amide bonds. The molecule has 1 aromatic carbocycles. The van der Waals surface area contributed by atoms with Gasteiger partial charge in [0.1, 0.15) is 11.5 Å². The van der Waals surface area contributed by atoms with E-state index in [1.807, 2.05) is 32.0 Å². The van der Waals surface area contributed by atoms with Crippen LogP contribution in [-0.4, -0.2) is 12.4 Å². The van der Waals surface area contributed by atoms with Gasteiger partial charge in [0.25, 0.3) is 0 Å². The first-order valence-corrected chi connectivity index (χ1v) is 5.92. The molecule has 0 aliphatic heterocycles. The zero-order valence-electron chi connectivity index (χ0n) is 9.75. The summed E-state index contributed by atoms with van der Waals surface area (Å²) in [4.78, 5) is 11.1. The monoisotopic (exact) mass is 240 g/mol. The van der Waals surface area contributed by atoms with Crippen molar-refractivity contribution in [3.8, 4) is 5.75 Å². The van der Waals surface area contributed by atoms with Crippen molar-refractivity contribution < 1.29 is 9.53 Å². The van der Waals surface area contributed by atoms with E-state index < -0.39 is 0 Å². The number of Topliss-reactive ketones (excluding diaryl/α,β-unsaturated/α-hetero) is 1. The van der Waals surface area contributed by atoms with Gasteiger partial charge in [-0.1, -0.05) is 24.6 Å². The lowest BCUT2D eigenvalue weighted by atomic mass is 10.2. The maximum Gasteiger partial charge on any atom is 0.138 e. The number of hydrogen-bond acceptors (Lipinski definition) is 2. The minimum atomic E-state index is 0.277. The van der Waals surface area contributed by atoms with Crippen molar-refractivity contribution in [2.24, 2.45) is 0 Å². The molecule has 0 heterocycles. The number of ketones is 1. The first kappa shape index (κ1) is 13.0. The van der Waals surface area contributed by atoms with E-state index in [0.717, 1.165) is 12.0 Å². The third-order valence-electron chi connectivity index (χ3n) is 2.34. The van der Waals surface area contributed by atoms with E-state index in [1.54, 1.807) is 0 Å². The fraction of sp³-hybridized carbons (Fsp3) is 0.462. The van der Waals surface area contributed by atoms with Crippen LogP contribution in [0.3, 0.4) is 0 Å². The lowest BCUT2D eigenvalue weighted by Crippen LogP contribution is -2.02. The fourth-order valence-corrected chi connectivity index (χ4v) is 1.52. The molecule has 0 radical (unpaired) electrons. The van der Waals surface area contributed by atoms with Crippen LogP contribution in [0.4, 0.5) is 0 Å². The summed E-state index contributed by atoms with van der Waals surface area (Å²) in [7, 11) is 0. The Kier molecular flexibility index (Phi) is 5.33. The highest BCUT2D eigenvalue weighted by Crippen LogP contribution is 2.25. The Morgan fingerprint density at radius 2 is 2.19 bits per heavy atom. The summed E-state index contributed by atoms with van der Waals surface area (Å²) in [5, 5.41) is 0.618. The standard InChI is InChI=1S/C13H17ClO2/c1-3-11(15)5-4-8-16-13-9-10(2)6-7-12(13)14/h6-7,9H,3-5,8H2,1-2H3. The smallest absolute Gasteiger partial charge is 0.138 e. The Morgan fingerprint density at radius 3 is 2.88 bits per heavy atom. The molecule has 0 spiro atoms. The van der Waals surface area contributed by atoms with E-state index >= 15 is 0 Å². The first-order chi connectivity index (χ1) is 7.63. The molecule has 0 bridgehead atoms. The van der Waals surface area contributed by atoms with Crippen LogP contribution >= 0.6 is 11.6 Å². The molecule has 1 aromatic rings. The van der Waals surface area contributed by atoms with Crippen molar-refractivity contribution in [3.63, 3.8) is 0 Å². The van der Waals surface area contributed by atoms with Gasteiger partial charge in [-0.05, 0) is 31.0 Å². The molecule has 0 N–H and O–H groups in total. The summed E-state index contributed by atoms with van der Waals surface area (Å²) < 4.78 is 5.53. The molecule has 1 rings (SSSR count). The van der Waals surface area contributed by atoms with Gasteiger partial charge in [-0.3, -0.25) is 4.79 Å². The third-order valence-corrected chi connectivity index (χ3v) is 2.65. The van der Waals surface area contributed by atoms with Gasteiger partial charge in [0.15, 0.2) is 0 Å². The van der Waals surface area contributed by atoms with Crippen LogP contribution in [0.2, 0.25) is 5.02 Å². The van der Waals surface area contributed by atoms with Crippen LogP contribution in [-0.2, 0) is 4.79 Å². The van der Waals surface area contributed by atoms with Crippen molar-refractivity contribution in [2.45, 2.75) is 33.1 Å². The molecule has 0 fully saturated rings. The van der Waals surface area contributed by atoms with E-state index in [-0.39, 0.29) is 5.78 Å². The second-order valence-corrected chi connectivity index (χ2v) is 4.19. The minimum Gasteiger partial charge on any atom is -0.492 e. The molecule has 0 unspecified atom stereocenters. The number of halogens is 1. The zero-order chi connectivity index (χ0) is 12.0. The van der Waals surface area contributed by atoms with Crippen LogP contribution < -0.4 is 4.74 Å². The van der Waals surface area contributed by atoms with Crippen LogP contribution in [0.25, 0.3) is 0 Å². The van der Waals surface area contributed by atoms with Crippen LogP contribution in [0.15, 0.2) is 18.2 Å². The summed E-state index contributed by atoms with van der Waals surface area (Å²) in [5.74, 6) is 0.976. The molecule has 3 heteroatoms. The maximum absolute atomic E-state index is 11.1. The van der Waals surface area contributed by atoms with Gasteiger partial charge in [0, 0.05) is 12.8 Å². The quantitative estimate of drug-likeness (QED) is 0.708. The van der Waals surface area contributed by atoms with Gasteiger partial charge in [-0.15, -0.1) is 0 Å². The van der Waals surface area contributed by atoms with Crippen molar-refractivity contribution in [1.29, 1.82) is 0 Å². The van der Waals surface area contributed by atoms with E-state index in [0.29, 0.717) is 30.2 Å². The molecule has 0 saturated carbocycles. The molecule has 0 aliphatic carbocycles.